The Morgan fingerprint density at radius 3 is 0.737 bits per heavy atom. The predicted octanol–water partition coefficient (Wildman–Crippen LogP) is 9.76. The third-order valence-corrected chi connectivity index (χ3v) is 9.29. The topological polar surface area (TPSA) is 80.9 Å². The summed E-state index contributed by atoms with van der Waals surface area (Å²) in [5.41, 5.74) is 6.65. The van der Waals surface area contributed by atoms with Crippen LogP contribution < -0.4 is 0 Å². The molecule has 0 heterocycles. The fourth-order valence-electron chi connectivity index (χ4n) is 4.93. The average Bonchev–Trinajstić information content (AvgIpc) is 2.85. The maximum Gasteiger partial charge on any atom is 0.132 e. The molecule has 4 aromatic carbocycles. The van der Waals surface area contributed by atoms with Crippen LogP contribution in [0.1, 0.15) is 56.3 Å². The minimum Gasteiger partial charge on any atom is -0.506 e. The fourth-order valence-corrected chi connectivity index (χ4v) is 7.23. The largest absolute Gasteiger partial charge is 0.506 e. The van der Waals surface area contributed by atoms with Crippen LogP contribution in [0.15, 0.2) is 66.4 Å². The van der Waals surface area contributed by atoms with Crippen molar-refractivity contribution >= 4 is 63.7 Å². The smallest absolute Gasteiger partial charge is 0.132 e. The molecule has 0 saturated carbocycles. The van der Waals surface area contributed by atoms with Crippen molar-refractivity contribution in [2.75, 3.05) is 0 Å². The number of hydrogen-bond acceptors (Lipinski definition) is 4. The molecule has 0 bridgehead atoms. The molecule has 0 saturated heterocycles. The summed E-state index contributed by atoms with van der Waals surface area (Å²) in [7, 11) is 0. The van der Waals surface area contributed by atoms with Crippen LogP contribution in [0.3, 0.4) is 0 Å². The van der Waals surface area contributed by atoms with E-state index in [0.29, 0.717) is 17.9 Å². The quantitative estimate of drug-likeness (QED) is 0.163. The van der Waals surface area contributed by atoms with Gasteiger partial charge in [-0.3, -0.25) is 0 Å². The second-order valence-corrected chi connectivity index (χ2v) is 13.0. The molecule has 0 aliphatic heterocycles. The second kappa shape index (κ2) is 11.2. The summed E-state index contributed by atoms with van der Waals surface area (Å²) in [4.78, 5) is 0. The SMILES string of the molecule is Cc1cc(C(c2cc(C)c(O)c(Br)c2)C(c2cc(C)c(O)c(Br)c2)c2cc(C)c(O)c(Br)c2)cc(Br)c1O. The predicted molar refractivity (Wildman–Crippen MR) is 166 cm³/mol. The zero-order chi connectivity index (χ0) is 28.0. The van der Waals surface area contributed by atoms with E-state index in [1.165, 1.54) is 0 Å². The standard InChI is InChI=1S/C30H26Br4O4/c1-13-5-17(9-21(31)27(13)35)25(18-6-14(2)28(36)22(32)10-18)26(19-7-15(3)29(37)23(33)11-19)20-8-16(4)30(38)24(34)12-20/h5-12,25-26,35-38H,1-4H3. The number of aromatic hydroxyl groups is 4. The highest BCUT2D eigenvalue weighted by atomic mass is 79.9. The molecule has 0 amide bonds. The van der Waals surface area contributed by atoms with E-state index in [1.54, 1.807) is 0 Å². The fraction of sp³-hybridized carbons (Fsp3) is 0.200. The van der Waals surface area contributed by atoms with Gasteiger partial charge in [0.1, 0.15) is 23.0 Å². The number of halogens is 4. The van der Waals surface area contributed by atoms with E-state index >= 15 is 0 Å². The van der Waals surface area contributed by atoms with Crippen molar-refractivity contribution in [2.45, 2.75) is 39.5 Å². The molecule has 0 fully saturated rings. The molecular formula is C30H26Br4O4. The molecule has 0 atom stereocenters. The number of rotatable bonds is 5. The van der Waals surface area contributed by atoms with Gasteiger partial charge < -0.3 is 20.4 Å². The molecule has 198 valence electrons. The molecular weight excluding hydrogens is 744 g/mol. The Hall–Kier alpha value is -2.00. The van der Waals surface area contributed by atoms with Crippen LogP contribution in [-0.4, -0.2) is 20.4 Å². The number of benzene rings is 4. The number of aryl methyl sites for hydroxylation is 4. The monoisotopic (exact) mass is 766 g/mol. The van der Waals surface area contributed by atoms with Gasteiger partial charge in [0.25, 0.3) is 0 Å². The molecule has 0 aliphatic rings. The Labute approximate surface area is 255 Å². The molecule has 4 aromatic rings. The molecule has 4 N–H and O–H groups in total. The van der Waals surface area contributed by atoms with Crippen molar-refractivity contribution in [3.8, 4) is 23.0 Å². The highest BCUT2D eigenvalue weighted by Crippen LogP contribution is 2.49. The van der Waals surface area contributed by atoms with Crippen molar-refractivity contribution < 1.29 is 20.4 Å². The Bertz CT molecular complexity index is 1240. The first-order chi connectivity index (χ1) is 17.8. The summed E-state index contributed by atoms with van der Waals surface area (Å²) in [6.45, 7) is 7.43. The summed E-state index contributed by atoms with van der Waals surface area (Å²) >= 11 is 14.1. The summed E-state index contributed by atoms with van der Waals surface area (Å²) < 4.78 is 2.32. The zero-order valence-corrected chi connectivity index (χ0v) is 27.4. The van der Waals surface area contributed by atoms with Crippen molar-refractivity contribution in [2.24, 2.45) is 0 Å². The Kier molecular flexibility index (Phi) is 8.58. The van der Waals surface area contributed by atoms with E-state index in [0.717, 1.165) is 44.5 Å². The van der Waals surface area contributed by atoms with Crippen LogP contribution in [-0.2, 0) is 0 Å². The van der Waals surface area contributed by atoms with Crippen LogP contribution in [0, 0.1) is 27.7 Å². The van der Waals surface area contributed by atoms with Crippen LogP contribution in [0.2, 0.25) is 0 Å². The normalized spacial score (nSPS) is 11.5. The van der Waals surface area contributed by atoms with Crippen molar-refractivity contribution in [3.63, 3.8) is 0 Å². The van der Waals surface area contributed by atoms with Crippen LogP contribution in [0.4, 0.5) is 0 Å². The highest BCUT2D eigenvalue weighted by molar-refractivity contribution is 9.11. The van der Waals surface area contributed by atoms with Crippen LogP contribution in [0.25, 0.3) is 0 Å². The van der Waals surface area contributed by atoms with E-state index in [1.807, 2.05) is 76.2 Å². The number of hydrogen-bond donors (Lipinski definition) is 4. The van der Waals surface area contributed by atoms with E-state index in [4.69, 9.17) is 0 Å². The average molecular weight is 770 g/mol. The molecule has 0 aromatic heterocycles. The molecule has 4 rings (SSSR count). The Morgan fingerprint density at radius 1 is 0.395 bits per heavy atom. The first-order valence-electron chi connectivity index (χ1n) is 11.8. The van der Waals surface area contributed by atoms with Gasteiger partial charge in [-0.05, 0) is 160 Å². The molecule has 0 unspecified atom stereocenters. The molecule has 4 nitrogen and oxygen atoms in total. The van der Waals surface area contributed by atoms with Crippen molar-refractivity contribution in [3.05, 3.63) is 111 Å². The summed E-state index contributed by atoms with van der Waals surface area (Å²) in [6, 6.07) is 15.6. The Morgan fingerprint density at radius 2 is 0.579 bits per heavy atom. The third-order valence-electron chi connectivity index (χ3n) is 6.88. The lowest BCUT2D eigenvalue weighted by Crippen LogP contribution is -2.16. The lowest BCUT2D eigenvalue weighted by Gasteiger charge is -2.31. The maximum atomic E-state index is 10.5. The molecule has 8 heteroatoms. The van der Waals surface area contributed by atoms with Gasteiger partial charge >= 0.3 is 0 Å². The number of phenols is 4. The molecule has 38 heavy (non-hydrogen) atoms. The zero-order valence-electron chi connectivity index (χ0n) is 21.1. The van der Waals surface area contributed by atoms with E-state index in [9.17, 15) is 20.4 Å². The van der Waals surface area contributed by atoms with Gasteiger partial charge in [-0.2, -0.15) is 0 Å². The van der Waals surface area contributed by atoms with E-state index in [-0.39, 0.29) is 34.8 Å². The van der Waals surface area contributed by atoms with Gasteiger partial charge in [0.05, 0.1) is 17.9 Å². The van der Waals surface area contributed by atoms with E-state index < -0.39 is 0 Å². The third kappa shape index (κ3) is 5.51. The summed E-state index contributed by atoms with van der Waals surface area (Å²) in [6.07, 6.45) is 0. The second-order valence-electron chi connectivity index (χ2n) is 9.63. The van der Waals surface area contributed by atoms with Crippen molar-refractivity contribution in [1.29, 1.82) is 0 Å². The number of phenolic OH excluding ortho intramolecular Hbond substituents is 4. The minimum absolute atomic E-state index is 0.179. The maximum absolute atomic E-state index is 10.5. The minimum atomic E-state index is -0.284. The van der Waals surface area contributed by atoms with Crippen molar-refractivity contribution in [1.82, 2.24) is 0 Å². The molecule has 0 spiro atoms. The summed E-state index contributed by atoms with van der Waals surface area (Å²) in [5, 5.41) is 42.1. The van der Waals surface area contributed by atoms with Gasteiger partial charge in [-0.15, -0.1) is 0 Å². The van der Waals surface area contributed by atoms with Gasteiger partial charge in [0, 0.05) is 11.8 Å². The summed E-state index contributed by atoms with van der Waals surface area (Å²) in [5.74, 6) is 0.148. The molecule has 0 radical (unpaired) electrons. The highest BCUT2D eigenvalue weighted by Gasteiger charge is 2.32. The van der Waals surface area contributed by atoms with Gasteiger partial charge in [0.2, 0.25) is 0 Å². The Balaban J connectivity index is 2.14. The van der Waals surface area contributed by atoms with Crippen LogP contribution >= 0.6 is 63.7 Å². The van der Waals surface area contributed by atoms with Gasteiger partial charge in [0.15, 0.2) is 0 Å². The van der Waals surface area contributed by atoms with E-state index in [2.05, 4.69) is 63.7 Å². The van der Waals surface area contributed by atoms with Gasteiger partial charge in [-0.25, -0.2) is 0 Å². The lowest BCUT2D eigenvalue weighted by molar-refractivity contribution is 0.464. The first-order valence-corrected chi connectivity index (χ1v) is 14.9. The van der Waals surface area contributed by atoms with Crippen LogP contribution in [0.5, 0.6) is 23.0 Å². The first kappa shape index (κ1) is 29.0. The lowest BCUT2D eigenvalue weighted by atomic mass is 9.72. The molecule has 0 aliphatic carbocycles. The van der Waals surface area contributed by atoms with Gasteiger partial charge in [-0.1, -0.05) is 24.3 Å².